The van der Waals surface area contributed by atoms with E-state index in [-0.39, 0.29) is 17.9 Å². The Morgan fingerprint density at radius 1 is 0.966 bits per heavy atom. The zero-order chi connectivity index (χ0) is 20.2. The van der Waals surface area contributed by atoms with Crippen LogP contribution in [-0.2, 0) is 11.3 Å². The molecule has 2 aromatic carbocycles. The van der Waals surface area contributed by atoms with E-state index in [4.69, 9.17) is 11.6 Å². The number of rotatable bonds is 4. The Labute approximate surface area is 177 Å². The van der Waals surface area contributed by atoms with E-state index in [1.807, 2.05) is 42.5 Å². The number of fused-ring (bicyclic) bond motifs is 1. The van der Waals surface area contributed by atoms with Gasteiger partial charge in [-0.15, -0.1) is 0 Å². The largest absolute Gasteiger partial charge is 0.351 e. The molecule has 1 aliphatic carbocycles. The highest BCUT2D eigenvalue weighted by atomic mass is 35.5. The zero-order valence-electron chi connectivity index (χ0n) is 16.6. The molecule has 4 nitrogen and oxygen atoms in total. The summed E-state index contributed by atoms with van der Waals surface area (Å²) in [6, 6.07) is 14.5. The van der Waals surface area contributed by atoms with Crippen molar-refractivity contribution in [2.45, 2.75) is 63.6 Å². The van der Waals surface area contributed by atoms with Gasteiger partial charge in [0.1, 0.15) is 6.04 Å². The van der Waals surface area contributed by atoms with Crippen LogP contribution in [0.3, 0.4) is 0 Å². The van der Waals surface area contributed by atoms with E-state index in [1.54, 1.807) is 11.0 Å². The molecule has 29 heavy (non-hydrogen) atoms. The normalized spacial score (nSPS) is 20.1. The minimum absolute atomic E-state index is 0.0825. The second-order valence-electron chi connectivity index (χ2n) is 8.06. The Hall–Kier alpha value is -2.33. The Morgan fingerprint density at radius 2 is 1.62 bits per heavy atom. The third kappa shape index (κ3) is 4.32. The number of hydrogen-bond donors (Lipinski definition) is 1. The third-order valence-corrected chi connectivity index (χ3v) is 6.43. The molecule has 4 rings (SSSR count). The molecule has 0 saturated heterocycles. The first-order valence-corrected chi connectivity index (χ1v) is 11.0. The number of carbonyl (C=O) groups is 2. The van der Waals surface area contributed by atoms with Crippen LogP contribution in [0, 0.1) is 0 Å². The molecule has 5 heteroatoms. The van der Waals surface area contributed by atoms with Crippen LogP contribution < -0.4 is 5.32 Å². The molecule has 0 aromatic heterocycles. The average Bonchev–Trinajstić information content (AvgIpc) is 2.98. The fraction of sp³-hybridized carbons (Fsp3) is 0.417. The van der Waals surface area contributed by atoms with Crippen molar-refractivity contribution in [3.8, 4) is 0 Å². The van der Waals surface area contributed by atoms with Crippen molar-refractivity contribution >= 4 is 23.4 Å². The van der Waals surface area contributed by atoms with E-state index in [0.717, 1.165) is 36.8 Å². The van der Waals surface area contributed by atoms with Gasteiger partial charge < -0.3 is 10.2 Å². The lowest BCUT2D eigenvalue weighted by Gasteiger charge is -2.28. The Bertz CT molecular complexity index is 890. The minimum Gasteiger partial charge on any atom is -0.351 e. The minimum atomic E-state index is -0.611. The first-order valence-electron chi connectivity index (χ1n) is 10.6. The van der Waals surface area contributed by atoms with Crippen molar-refractivity contribution in [3.63, 3.8) is 0 Å². The fourth-order valence-electron chi connectivity index (χ4n) is 4.51. The van der Waals surface area contributed by atoms with Gasteiger partial charge in [0.25, 0.3) is 5.91 Å². The molecule has 1 fully saturated rings. The smallest absolute Gasteiger partial charge is 0.255 e. The van der Waals surface area contributed by atoms with E-state index in [9.17, 15) is 9.59 Å². The van der Waals surface area contributed by atoms with E-state index < -0.39 is 6.04 Å². The van der Waals surface area contributed by atoms with Crippen LogP contribution >= 0.6 is 11.6 Å². The number of nitrogens with one attached hydrogen (secondary N) is 1. The van der Waals surface area contributed by atoms with Crippen LogP contribution in [0.2, 0.25) is 5.02 Å². The summed E-state index contributed by atoms with van der Waals surface area (Å²) in [7, 11) is 0. The standard InChI is InChI=1S/C24H27ClN2O2/c25-21-15-9-6-10-17(21)16-27-22(19-13-7-8-14-20(19)24(27)29)23(28)26-18-11-4-2-1-3-5-12-18/h6-10,13-15,18,22H,1-5,11-12,16H2,(H,26,28). The van der Waals surface area contributed by atoms with Gasteiger partial charge in [-0.25, -0.2) is 0 Å². The van der Waals surface area contributed by atoms with Crippen molar-refractivity contribution in [1.29, 1.82) is 0 Å². The lowest BCUT2D eigenvalue weighted by molar-refractivity contribution is -0.126. The average molecular weight is 411 g/mol. The van der Waals surface area contributed by atoms with Crippen molar-refractivity contribution in [2.75, 3.05) is 0 Å². The molecule has 2 aliphatic rings. The van der Waals surface area contributed by atoms with E-state index in [1.165, 1.54) is 19.3 Å². The molecule has 1 heterocycles. The van der Waals surface area contributed by atoms with Crippen LogP contribution in [0.1, 0.15) is 72.5 Å². The second kappa shape index (κ2) is 9.00. The van der Waals surface area contributed by atoms with Gasteiger partial charge in [0.05, 0.1) is 0 Å². The molecule has 152 valence electrons. The highest BCUT2D eigenvalue weighted by Crippen LogP contribution is 2.36. The number of halogens is 1. The molecule has 1 N–H and O–H groups in total. The maximum Gasteiger partial charge on any atom is 0.255 e. The summed E-state index contributed by atoms with van der Waals surface area (Å²) in [5.74, 6) is -0.195. The summed E-state index contributed by atoms with van der Waals surface area (Å²) in [6.45, 7) is 0.315. The van der Waals surface area contributed by atoms with E-state index in [0.29, 0.717) is 17.1 Å². The summed E-state index contributed by atoms with van der Waals surface area (Å²) in [6.07, 6.45) is 8.07. The molecule has 1 aliphatic heterocycles. The molecular weight excluding hydrogens is 384 g/mol. The van der Waals surface area contributed by atoms with Crippen molar-refractivity contribution < 1.29 is 9.59 Å². The fourth-order valence-corrected chi connectivity index (χ4v) is 4.70. The number of nitrogens with zero attached hydrogens (tertiary/aromatic N) is 1. The lowest BCUT2D eigenvalue weighted by atomic mass is 9.96. The first kappa shape index (κ1) is 20.0. The van der Waals surface area contributed by atoms with Crippen molar-refractivity contribution in [2.24, 2.45) is 0 Å². The molecule has 1 atom stereocenters. The molecule has 2 amide bonds. The third-order valence-electron chi connectivity index (χ3n) is 6.06. The maximum atomic E-state index is 13.4. The molecular formula is C24H27ClN2O2. The zero-order valence-corrected chi connectivity index (χ0v) is 17.3. The van der Waals surface area contributed by atoms with Gasteiger partial charge in [-0.1, -0.05) is 80.1 Å². The molecule has 1 saturated carbocycles. The Balaban J connectivity index is 1.59. The number of hydrogen-bond acceptors (Lipinski definition) is 2. The highest BCUT2D eigenvalue weighted by Gasteiger charge is 2.41. The Morgan fingerprint density at radius 3 is 2.38 bits per heavy atom. The van der Waals surface area contributed by atoms with Gasteiger partial charge in [-0.05, 0) is 36.1 Å². The van der Waals surface area contributed by atoms with Gasteiger partial charge in [-0.3, -0.25) is 9.59 Å². The van der Waals surface area contributed by atoms with Gasteiger partial charge in [0.2, 0.25) is 5.91 Å². The summed E-state index contributed by atoms with van der Waals surface area (Å²) in [4.78, 5) is 28.1. The van der Waals surface area contributed by atoms with Gasteiger partial charge >= 0.3 is 0 Å². The molecule has 0 radical (unpaired) electrons. The molecule has 2 aromatic rings. The number of carbonyl (C=O) groups excluding carboxylic acids is 2. The summed E-state index contributed by atoms with van der Waals surface area (Å²) >= 11 is 6.34. The topological polar surface area (TPSA) is 49.4 Å². The van der Waals surface area contributed by atoms with Gasteiger partial charge in [0.15, 0.2) is 0 Å². The van der Waals surface area contributed by atoms with Crippen LogP contribution in [0.15, 0.2) is 48.5 Å². The predicted molar refractivity (Wildman–Crippen MR) is 115 cm³/mol. The first-order chi connectivity index (χ1) is 14.1. The van der Waals surface area contributed by atoms with Crippen LogP contribution in [0.4, 0.5) is 0 Å². The summed E-state index contributed by atoms with van der Waals surface area (Å²) < 4.78 is 0. The van der Waals surface area contributed by atoms with Crippen LogP contribution in [-0.4, -0.2) is 22.8 Å². The van der Waals surface area contributed by atoms with E-state index in [2.05, 4.69) is 5.32 Å². The monoisotopic (exact) mass is 410 g/mol. The van der Waals surface area contributed by atoms with E-state index >= 15 is 0 Å². The lowest BCUT2D eigenvalue weighted by Crippen LogP contribution is -2.43. The number of benzene rings is 2. The van der Waals surface area contributed by atoms with Crippen LogP contribution in [0.5, 0.6) is 0 Å². The maximum absolute atomic E-state index is 13.4. The highest BCUT2D eigenvalue weighted by molar-refractivity contribution is 6.31. The predicted octanol–water partition coefficient (Wildman–Crippen LogP) is 5.27. The van der Waals surface area contributed by atoms with Crippen LogP contribution in [0.25, 0.3) is 0 Å². The van der Waals surface area contributed by atoms with Gasteiger partial charge in [0, 0.05) is 23.2 Å². The number of amides is 2. The summed E-state index contributed by atoms with van der Waals surface area (Å²) in [5, 5.41) is 3.86. The van der Waals surface area contributed by atoms with Gasteiger partial charge in [-0.2, -0.15) is 0 Å². The SMILES string of the molecule is O=C(NC1CCCCCCC1)C1c2ccccc2C(=O)N1Cc1ccccc1Cl. The Kier molecular flexibility index (Phi) is 6.19. The van der Waals surface area contributed by atoms with Crippen molar-refractivity contribution in [3.05, 3.63) is 70.2 Å². The molecule has 0 spiro atoms. The quantitative estimate of drug-likeness (QED) is 0.746. The molecule has 1 unspecified atom stereocenters. The van der Waals surface area contributed by atoms with Crippen molar-refractivity contribution in [1.82, 2.24) is 10.2 Å². The second-order valence-corrected chi connectivity index (χ2v) is 8.47. The summed E-state index contributed by atoms with van der Waals surface area (Å²) in [5.41, 5.74) is 2.24. The molecule has 0 bridgehead atoms.